The molecule has 4 heterocycles. The van der Waals surface area contributed by atoms with Gasteiger partial charge in [-0.15, -0.1) is 0 Å². The Hall–Kier alpha value is -3.71. The number of hydrogen-bond donors (Lipinski definition) is 2. The number of aromatic nitrogens is 2. The molecule has 1 amide bonds. The first-order valence-corrected chi connectivity index (χ1v) is 18.6. The SMILES string of the molecule is C/N=C/CN1CCC(Oc2ccc3c(c2)C2(CCOCC2)CN3c2ncc(C(=O)NC3(C(=O)O)C4CC5CC(C4)CC3C5)c(C(C)(F)F)n2)CC1. The molecule has 11 nitrogen and oxygen atoms in total. The fourth-order valence-corrected chi connectivity index (χ4v) is 10.5. The van der Waals surface area contributed by atoms with E-state index in [0.717, 1.165) is 108 Å². The largest absolute Gasteiger partial charge is 0.490 e. The number of benzene rings is 1. The number of carbonyl (C=O) groups excluding carboxylic acids is 1. The maximum atomic E-state index is 15.4. The predicted molar refractivity (Wildman–Crippen MR) is 186 cm³/mol. The first kappa shape index (κ1) is 34.4. The Morgan fingerprint density at radius 3 is 2.43 bits per heavy atom. The number of aliphatic carboxylic acids is 1. The Labute approximate surface area is 297 Å². The molecule has 9 rings (SSSR count). The molecular formula is C38H48F2N6O5. The number of halogens is 2. The Balaban J connectivity index is 1.07. The zero-order chi connectivity index (χ0) is 35.5. The summed E-state index contributed by atoms with van der Waals surface area (Å²) in [5, 5.41) is 13.4. The van der Waals surface area contributed by atoms with E-state index in [-0.39, 0.29) is 29.3 Å². The molecule has 13 heteroatoms. The number of carbonyl (C=O) groups is 2. The van der Waals surface area contributed by atoms with Gasteiger partial charge in [0, 0.05) is 76.9 Å². The van der Waals surface area contributed by atoms with Crippen LogP contribution in [-0.2, 0) is 20.9 Å². The lowest BCUT2D eigenvalue weighted by Gasteiger charge is -2.59. The molecule has 7 aliphatic rings. The second kappa shape index (κ2) is 13.1. The van der Waals surface area contributed by atoms with Crippen LogP contribution in [0.25, 0.3) is 0 Å². The number of piperidine rings is 1. The van der Waals surface area contributed by atoms with Crippen molar-refractivity contribution in [2.75, 3.05) is 51.3 Å². The number of alkyl halides is 2. The summed E-state index contributed by atoms with van der Waals surface area (Å²) in [6.07, 6.45) is 10.5. The van der Waals surface area contributed by atoms with E-state index in [2.05, 4.69) is 31.2 Å². The number of nitrogens with one attached hydrogen (secondary N) is 1. The topological polar surface area (TPSA) is 129 Å². The van der Waals surface area contributed by atoms with Crippen LogP contribution >= 0.6 is 0 Å². The van der Waals surface area contributed by atoms with Crippen molar-refractivity contribution in [1.29, 1.82) is 0 Å². The molecule has 0 unspecified atom stereocenters. The number of fused-ring (bicyclic) bond motifs is 2. The zero-order valence-electron chi connectivity index (χ0n) is 29.5. The van der Waals surface area contributed by atoms with Crippen molar-refractivity contribution in [2.24, 2.45) is 28.7 Å². The summed E-state index contributed by atoms with van der Waals surface area (Å²) in [5.74, 6) is -4.10. The van der Waals surface area contributed by atoms with Gasteiger partial charge in [-0.3, -0.25) is 14.7 Å². The molecular weight excluding hydrogens is 658 g/mol. The van der Waals surface area contributed by atoms with Gasteiger partial charge in [-0.2, -0.15) is 8.78 Å². The molecule has 0 radical (unpaired) electrons. The van der Waals surface area contributed by atoms with E-state index >= 15 is 8.78 Å². The molecule has 4 aliphatic carbocycles. The van der Waals surface area contributed by atoms with Crippen molar-refractivity contribution in [3.8, 4) is 5.75 Å². The normalized spacial score (nSPS) is 30.2. The summed E-state index contributed by atoms with van der Waals surface area (Å²) in [5.41, 5.74) is -1.01. The maximum absolute atomic E-state index is 15.4. The lowest BCUT2D eigenvalue weighted by Crippen LogP contribution is -2.70. The third kappa shape index (κ3) is 6.07. The molecule has 274 valence electrons. The van der Waals surface area contributed by atoms with Gasteiger partial charge >= 0.3 is 5.97 Å². The number of rotatable bonds is 9. The van der Waals surface area contributed by atoms with E-state index in [1.165, 1.54) is 0 Å². The summed E-state index contributed by atoms with van der Waals surface area (Å²) in [4.78, 5) is 44.1. The van der Waals surface area contributed by atoms with E-state index in [0.29, 0.717) is 31.6 Å². The molecule has 2 N–H and O–H groups in total. The van der Waals surface area contributed by atoms with E-state index < -0.39 is 34.6 Å². The summed E-state index contributed by atoms with van der Waals surface area (Å²) in [6, 6.07) is 5.97. The van der Waals surface area contributed by atoms with Gasteiger partial charge in [0.15, 0.2) is 0 Å². The summed E-state index contributed by atoms with van der Waals surface area (Å²) < 4.78 is 43.1. The van der Waals surface area contributed by atoms with Crippen LogP contribution in [0.15, 0.2) is 29.4 Å². The van der Waals surface area contributed by atoms with Crippen molar-refractivity contribution in [3.63, 3.8) is 0 Å². The average molecular weight is 707 g/mol. The standard InChI is InChI=1S/C38H48F2N6O5/c1-36(39,40)32-29(33(47)44-38(34(48)49)25-16-23-15-24(18-25)19-26(38)17-23)21-42-35(43-32)46-22-37(7-13-50-14-8-37)30-20-28(3-4-31(30)46)51-27-5-10-45(11-6-27)12-9-41-2/h3-4,9,20-21,23-27H,5-8,10-19,22H2,1-2H3,(H,44,47)(H,48,49)/b41-9+. The van der Waals surface area contributed by atoms with Crippen LogP contribution in [0.4, 0.5) is 20.4 Å². The fraction of sp³-hybridized carbons (Fsp3) is 0.658. The summed E-state index contributed by atoms with van der Waals surface area (Å²) >= 11 is 0. The van der Waals surface area contributed by atoms with Gasteiger partial charge in [-0.05, 0) is 105 Å². The maximum Gasteiger partial charge on any atom is 0.330 e. The van der Waals surface area contributed by atoms with Gasteiger partial charge < -0.3 is 24.8 Å². The van der Waals surface area contributed by atoms with E-state index in [9.17, 15) is 14.7 Å². The Morgan fingerprint density at radius 2 is 1.80 bits per heavy atom. The quantitative estimate of drug-likeness (QED) is 0.332. The lowest BCUT2D eigenvalue weighted by atomic mass is 9.48. The second-order valence-corrected chi connectivity index (χ2v) is 16.0. The molecule has 3 aliphatic heterocycles. The van der Waals surface area contributed by atoms with Gasteiger partial charge in [0.05, 0.1) is 5.56 Å². The smallest absolute Gasteiger partial charge is 0.330 e. The highest BCUT2D eigenvalue weighted by atomic mass is 19.3. The zero-order valence-corrected chi connectivity index (χ0v) is 29.5. The summed E-state index contributed by atoms with van der Waals surface area (Å²) in [6.45, 7) is 5.05. The first-order valence-electron chi connectivity index (χ1n) is 18.6. The molecule has 1 spiro atoms. The molecule has 1 aromatic carbocycles. The van der Waals surface area contributed by atoms with Crippen molar-refractivity contribution >= 4 is 29.7 Å². The Kier molecular flexibility index (Phi) is 8.80. The highest BCUT2D eigenvalue weighted by Gasteiger charge is 2.62. The number of likely N-dealkylation sites (tertiary alicyclic amines) is 1. The molecule has 2 aromatic rings. The van der Waals surface area contributed by atoms with Crippen molar-refractivity contribution in [2.45, 2.75) is 87.7 Å². The lowest BCUT2D eigenvalue weighted by molar-refractivity contribution is -0.163. The first-order chi connectivity index (χ1) is 24.5. The highest BCUT2D eigenvalue weighted by Crippen LogP contribution is 2.58. The van der Waals surface area contributed by atoms with Gasteiger partial charge in [0.2, 0.25) is 5.95 Å². The van der Waals surface area contributed by atoms with Gasteiger partial charge in [0.25, 0.3) is 11.8 Å². The number of carboxylic acids is 1. The molecule has 1 aromatic heterocycles. The highest BCUT2D eigenvalue weighted by molar-refractivity contribution is 5.99. The monoisotopic (exact) mass is 706 g/mol. The fourth-order valence-electron chi connectivity index (χ4n) is 10.5. The van der Waals surface area contributed by atoms with Crippen LogP contribution in [-0.4, -0.2) is 96.1 Å². The van der Waals surface area contributed by atoms with E-state index in [1.54, 1.807) is 7.05 Å². The minimum absolute atomic E-state index is 0.0759. The van der Waals surface area contributed by atoms with Gasteiger partial charge in [0.1, 0.15) is 23.1 Å². The Morgan fingerprint density at radius 1 is 1.12 bits per heavy atom. The van der Waals surface area contributed by atoms with Crippen LogP contribution < -0.4 is 15.0 Å². The molecule has 0 atom stereocenters. The van der Waals surface area contributed by atoms with Crippen LogP contribution in [0.2, 0.25) is 0 Å². The van der Waals surface area contributed by atoms with Crippen LogP contribution in [0.3, 0.4) is 0 Å². The van der Waals surface area contributed by atoms with Crippen molar-refractivity contribution < 1.29 is 33.0 Å². The van der Waals surface area contributed by atoms with Crippen molar-refractivity contribution in [3.05, 3.63) is 41.2 Å². The number of ether oxygens (including phenoxy) is 2. The molecule has 2 saturated heterocycles. The second-order valence-electron chi connectivity index (χ2n) is 16.0. The van der Waals surface area contributed by atoms with E-state index in [4.69, 9.17) is 9.47 Å². The minimum atomic E-state index is -3.49. The molecule has 6 fully saturated rings. The number of amides is 1. The predicted octanol–water partition coefficient (Wildman–Crippen LogP) is 5.34. The molecule has 4 bridgehead atoms. The number of hydrogen-bond acceptors (Lipinski definition) is 9. The third-order valence-electron chi connectivity index (χ3n) is 12.9. The summed E-state index contributed by atoms with van der Waals surface area (Å²) in [7, 11) is 1.79. The number of nitrogens with zero attached hydrogens (tertiary/aromatic N) is 5. The number of carboxylic acid groups (broad SMARTS) is 1. The van der Waals surface area contributed by atoms with Gasteiger partial charge in [-0.1, -0.05) is 0 Å². The van der Waals surface area contributed by atoms with Crippen LogP contribution in [0.1, 0.15) is 86.3 Å². The van der Waals surface area contributed by atoms with Crippen molar-refractivity contribution in [1.82, 2.24) is 20.2 Å². The molecule has 4 saturated carbocycles. The number of aliphatic imine (C=N–C) groups is 1. The molecule has 51 heavy (non-hydrogen) atoms. The number of anilines is 2. The van der Waals surface area contributed by atoms with Crippen LogP contribution in [0, 0.1) is 23.7 Å². The Bertz CT molecular complexity index is 1670. The average Bonchev–Trinajstić information content (AvgIpc) is 3.41. The van der Waals surface area contributed by atoms with Gasteiger partial charge in [-0.25, -0.2) is 14.8 Å². The van der Waals surface area contributed by atoms with E-state index in [1.807, 2.05) is 23.2 Å². The third-order valence-corrected chi connectivity index (χ3v) is 12.9. The van der Waals surface area contributed by atoms with Crippen LogP contribution in [0.5, 0.6) is 5.75 Å². The minimum Gasteiger partial charge on any atom is -0.490 e.